The van der Waals surface area contributed by atoms with Crippen LogP contribution >= 0.6 is 0 Å². The molecule has 0 aliphatic carbocycles. The fourth-order valence-electron chi connectivity index (χ4n) is 0.729. The van der Waals surface area contributed by atoms with Crippen LogP contribution in [0.25, 0.3) is 0 Å². The summed E-state index contributed by atoms with van der Waals surface area (Å²) < 4.78 is 9.52. The van der Waals surface area contributed by atoms with E-state index in [2.05, 4.69) is 5.16 Å². The van der Waals surface area contributed by atoms with E-state index in [1.165, 1.54) is 0 Å². The number of carbonyl (C=O) groups is 1. The van der Waals surface area contributed by atoms with Crippen LogP contribution < -0.4 is 0 Å². The van der Waals surface area contributed by atoms with Crippen molar-refractivity contribution in [3.63, 3.8) is 0 Å². The Balaban J connectivity index is 2.29. The van der Waals surface area contributed by atoms with Crippen LogP contribution in [-0.4, -0.2) is 22.8 Å². The second kappa shape index (κ2) is 3.87. The maximum atomic E-state index is 10.0. The highest BCUT2D eigenvalue weighted by Gasteiger charge is 2.01. The molecular weight excluding hydrogens is 162 g/mol. The summed E-state index contributed by atoms with van der Waals surface area (Å²) in [4.78, 5) is 10.0. The number of rotatable bonds is 4. The van der Waals surface area contributed by atoms with Crippen LogP contribution in [0.15, 0.2) is 10.6 Å². The molecule has 66 valence electrons. The van der Waals surface area contributed by atoms with E-state index in [1.807, 2.05) is 0 Å². The maximum Gasteiger partial charge on any atom is 0.329 e. The van der Waals surface area contributed by atoms with E-state index < -0.39 is 5.97 Å². The first-order valence-corrected chi connectivity index (χ1v) is 3.40. The standard InChI is InChI=1S/C7H9NO4/c1-5-2-6(8-12-5)3-11-4-7(9)10/h2H,3-4H2,1H3,(H,9,10). The average Bonchev–Trinajstić information content (AvgIpc) is 2.35. The normalized spacial score (nSPS) is 10.1. The van der Waals surface area contributed by atoms with Gasteiger partial charge in [0.25, 0.3) is 0 Å². The van der Waals surface area contributed by atoms with Crippen LogP contribution in [0.5, 0.6) is 0 Å². The Kier molecular flexibility index (Phi) is 2.82. The van der Waals surface area contributed by atoms with Crippen molar-refractivity contribution in [2.75, 3.05) is 6.61 Å². The van der Waals surface area contributed by atoms with E-state index in [0.717, 1.165) is 0 Å². The van der Waals surface area contributed by atoms with Crippen molar-refractivity contribution in [3.05, 3.63) is 17.5 Å². The average molecular weight is 171 g/mol. The second-order valence-corrected chi connectivity index (χ2v) is 2.32. The largest absolute Gasteiger partial charge is 0.480 e. The van der Waals surface area contributed by atoms with Crippen molar-refractivity contribution >= 4 is 5.97 Å². The molecule has 0 amide bonds. The lowest BCUT2D eigenvalue weighted by atomic mass is 10.4. The fourth-order valence-corrected chi connectivity index (χ4v) is 0.729. The third-order valence-electron chi connectivity index (χ3n) is 1.15. The summed E-state index contributed by atoms with van der Waals surface area (Å²) in [6.07, 6.45) is 0. The molecule has 0 fully saturated rings. The summed E-state index contributed by atoms with van der Waals surface area (Å²) in [5.74, 6) is -0.306. The van der Waals surface area contributed by atoms with Crippen molar-refractivity contribution in [2.24, 2.45) is 0 Å². The Morgan fingerprint density at radius 1 is 1.83 bits per heavy atom. The van der Waals surface area contributed by atoms with Crippen molar-refractivity contribution < 1.29 is 19.2 Å². The molecule has 0 saturated carbocycles. The fraction of sp³-hybridized carbons (Fsp3) is 0.429. The second-order valence-electron chi connectivity index (χ2n) is 2.32. The van der Waals surface area contributed by atoms with Gasteiger partial charge in [-0.1, -0.05) is 5.16 Å². The molecule has 1 rings (SSSR count). The van der Waals surface area contributed by atoms with Crippen LogP contribution in [0.4, 0.5) is 0 Å². The van der Waals surface area contributed by atoms with Crippen molar-refractivity contribution in [2.45, 2.75) is 13.5 Å². The third-order valence-corrected chi connectivity index (χ3v) is 1.15. The molecule has 5 heteroatoms. The minimum absolute atomic E-state index is 0.170. The van der Waals surface area contributed by atoms with E-state index in [4.69, 9.17) is 14.4 Å². The summed E-state index contributed by atoms with van der Waals surface area (Å²) in [7, 11) is 0. The molecule has 0 radical (unpaired) electrons. The zero-order valence-corrected chi connectivity index (χ0v) is 6.61. The first-order valence-electron chi connectivity index (χ1n) is 3.40. The molecule has 0 aliphatic heterocycles. The number of aliphatic carboxylic acids is 1. The summed E-state index contributed by atoms with van der Waals surface area (Å²) in [5, 5.41) is 11.8. The van der Waals surface area contributed by atoms with Gasteiger partial charge in [0, 0.05) is 6.07 Å². The van der Waals surface area contributed by atoms with E-state index in [9.17, 15) is 4.79 Å². The van der Waals surface area contributed by atoms with Gasteiger partial charge < -0.3 is 14.4 Å². The topological polar surface area (TPSA) is 72.6 Å². The highest BCUT2D eigenvalue weighted by Crippen LogP contribution is 2.02. The van der Waals surface area contributed by atoms with Gasteiger partial charge in [-0.25, -0.2) is 4.79 Å². The van der Waals surface area contributed by atoms with Gasteiger partial charge in [0.05, 0.1) is 6.61 Å². The number of nitrogens with zero attached hydrogens (tertiary/aromatic N) is 1. The Labute approximate surface area is 68.9 Å². The molecular formula is C7H9NO4. The number of carboxylic acid groups (broad SMARTS) is 1. The van der Waals surface area contributed by atoms with Crippen LogP contribution in [0, 0.1) is 6.92 Å². The molecule has 0 bridgehead atoms. The number of aromatic nitrogens is 1. The summed E-state index contributed by atoms with van der Waals surface area (Å²) in [6, 6.07) is 1.70. The van der Waals surface area contributed by atoms with E-state index in [1.54, 1.807) is 13.0 Å². The first-order chi connectivity index (χ1) is 5.68. The number of ether oxygens (including phenoxy) is 1. The minimum Gasteiger partial charge on any atom is -0.480 e. The highest BCUT2D eigenvalue weighted by molar-refractivity contribution is 5.67. The number of hydrogen-bond donors (Lipinski definition) is 1. The number of carboxylic acids is 1. The molecule has 1 aromatic rings. The van der Waals surface area contributed by atoms with Gasteiger partial charge in [-0.15, -0.1) is 0 Å². The molecule has 1 heterocycles. The number of aryl methyl sites for hydroxylation is 1. The van der Waals surface area contributed by atoms with Crippen LogP contribution in [0.3, 0.4) is 0 Å². The zero-order valence-electron chi connectivity index (χ0n) is 6.61. The summed E-state index contributed by atoms with van der Waals surface area (Å²) >= 11 is 0. The first kappa shape index (κ1) is 8.73. The molecule has 12 heavy (non-hydrogen) atoms. The van der Waals surface area contributed by atoms with E-state index in [0.29, 0.717) is 11.5 Å². The minimum atomic E-state index is -0.991. The predicted molar refractivity (Wildman–Crippen MR) is 38.5 cm³/mol. The van der Waals surface area contributed by atoms with Crippen LogP contribution in [0.2, 0.25) is 0 Å². The molecule has 0 spiro atoms. The summed E-state index contributed by atoms with van der Waals surface area (Å²) in [6.45, 7) is 1.61. The SMILES string of the molecule is Cc1cc(COCC(=O)O)no1. The summed E-state index contributed by atoms with van der Waals surface area (Å²) in [5.41, 5.74) is 0.605. The highest BCUT2D eigenvalue weighted by atomic mass is 16.5. The van der Waals surface area contributed by atoms with Gasteiger partial charge in [0.15, 0.2) is 0 Å². The van der Waals surface area contributed by atoms with Gasteiger partial charge in [-0.2, -0.15) is 0 Å². The Bertz CT molecular complexity index is 268. The van der Waals surface area contributed by atoms with Crippen LogP contribution in [0.1, 0.15) is 11.5 Å². The third kappa shape index (κ3) is 2.71. The van der Waals surface area contributed by atoms with Crippen molar-refractivity contribution in [1.29, 1.82) is 0 Å². The monoisotopic (exact) mass is 171 g/mol. The quantitative estimate of drug-likeness (QED) is 0.717. The van der Waals surface area contributed by atoms with Gasteiger partial charge in [0.1, 0.15) is 18.1 Å². The molecule has 1 N–H and O–H groups in total. The van der Waals surface area contributed by atoms with Gasteiger partial charge in [-0.3, -0.25) is 0 Å². The Morgan fingerprint density at radius 2 is 2.58 bits per heavy atom. The lowest BCUT2D eigenvalue weighted by Crippen LogP contribution is -2.06. The van der Waals surface area contributed by atoms with E-state index >= 15 is 0 Å². The zero-order chi connectivity index (χ0) is 8.97. The predicted octanol–water partition coefficient (Wildman–Crippen LogP) is 0.584. The van der Waals surface area contributed by atoms with E-state index in [-0.39, 0.29) is 13.2 Å². The molecule has 0 aromatic carbocycles. The molecule has 0 atom stereocenters. The Hall–Kier alpha value is -1.36. The van der Waals surface area contributed by atoms with Gasteiger partial charge in [0.2, 0.25) is 0 Å². The molecule has 1 aromatic heterocycles. The van der Waals surface area contributed by atoms with Crippen molar-refractivity contribution in [3.8, 4) is 0 Å². The van der Waals surface area contributed by atoms with Crippen molar-refractivity contribution in [1.82, 2.24) is 5.16 Å². The smallest absolute Gasteiger partial charge is 0.329 e. The molecule has 5 nitrogen and oxygen atoms in total. The van der Waals surface area contributed by atoms with Crippen LogP contribution in [-0.2, 0) is 16.1 Å². The molecule has 0 aliphatic rings. The number of hydrogen-bond acceptors (Lipinski definition) is 4. The lowest BCUT2D eigenvalue weighted by Gasteiger charge is -1.94. The Morgan fingerprint density at radius 3 is 3.08 bits per heavy atom. The molecule has 0 unspecified atom stereocenters. The van der Waals surface area contributed by atoms with Gasteiger partial charge in [-0.05, 0) is 6.92 Å². The lowest BCUT2D eigenvalue weighted by molar-refractivity contribution is -0.142. The van der Waals surface area contributed by atoms with Gasteiger partial charge >= 0.3 is 5.97 Å². The molecule has 0 saturated heterocycles. The maximum absolute atomic E-state index is 10.0.